The summed E-state index contributed by atoms with van der Waals surface area (Å²) in [4.78, 5) is 4.37. The first-order valence-electron chi connectivity index (χ1n) is 5.11. The molecule has 0 radical (unpaired) electrons. The van der Waals surface area contributed by atoms with Gasteiger partial charge in [-0.2, -0.15) is 0 Å². The number of benzene rings is 1. The Morgan fingerprint density at radius 1 is 1.06 bits per heavy atom. The molecule has 0 saturated heterocycles. The van der Waals surface area contributed by atoms with Crippen molar-refractivity contribution in [2.45, 2.75) is 0 Å². The van der Waals surface area contributed by atoms with Gasteiger partial charge in [-0.25, -0.2) is 4.98 Å². The topological polar surface area (TPSA) is 40.6 Å². The van der Waals surface area contributed by atoms with Gasteiger partial charge < -0.3 is 14.2 Å². The summed E-state index contributed by atoms with van der Waals surface area (Å²) >= 11 is 4.88. The van der Waals surface area contributed by atoms with Crippen LogP contribution in [-0.4, -0.2) is 26.3 Å². The number of ether oxygens (including phenoxy) is 3. The molecular formula is C12H12BrNO3S. The van der Waals surface area contributed by atoms with Crippen LogP contribution in [0.3, 0.4) is 0 Å². The van der Waals surface area contributed by atoms with Gasteiger partial charge in [0.1, 0.15) is 0 Å². The van der Waals surface area contributed by atoms with Crippen LogP contribution < -0.4 is 14.2 Å². The molecule has 0 N–H and O–H groups in total. The number of nitrogens with zero attached hydrogens (tertiary/aromatic N) is 1. The average Bonchev–Trinajstić information content (AvgIpc) is 2.83. The van der Waals surface area contributed by atoms with E-state index < -0.39 is 0 Å². The van der Waals surface area contributed by atoms with E-state index in [-0.39, 0.29) is 0 Å². The third kappa shape index (κ3) is 2.44. The van der Waals surface area contributed by atoms with Crippen LogP contribution in [0.2, 0.25) is 0 Å². The number of methoxy groups -OCH3 is 3. The Hall–Kier alpha value is -1.27. The highest BCUT2D eigenvalue weighted by molar-refractivity contribution is 9.11. The largest absolute Gasteiger partial charge is 0.493 e. The number of aromatic nitrogens is 1. The Bertz CT molecular complexity index is 531. The van der Waals surface area contributed by atoms with Crippen molar-refractivity contribution in [2.24, 2.45) is 0 Å². The Morgan fingerprint density at radius 2 is 1.67 bits per heavy atom. The molecule has 1 aromatic heterocycles. The van der Waals surface area contributed by atoms with Gasteiger partial charge in [0.2, 0.25) is 5.75 Å². The lowest BCUT2D eigenvalue weighted by atomic mass is 10.1. The Morgan fingerprint density at radius 3 is 2.06 bits per heavy atom. The predicted molar refractivity (Wildman–Crippen MR) is 74.9 cm³/mol. The van der Waals surface area contributed by atoms with Crippen molar-refractivity contribution in [1.82, 2.24) is 4.98 Å². The van der Waals surface area contributed by atoms with Crippen LogP contribution in [0.4, 0.5) is 0 Å². The maximum absolute atomic E-state index is 5.31. The molecule has 0 atom stereocenters. The minimum absolute atomic E-state index is 0.582. The van der Waals surface area contributed by atoms with Gasteiger partial charge in [-0.05, 0) is 28.1 Å². The quantitative estimate of drug-likeness (QED) is 0.859. The molecule has 96 valence electrons. The number of halogens is 1. The van der Waals surface area contributed by atoms with Gasteiger partial charge in [0, 0.05) is 10.9 Å². The highest BCUT2D eigenvalue weighted by atomic mass is 79.9. The molecule has 6 heteroatoms. The smallest absolute Gasteiger partial charge is 0.203 e. The summed E-state index contributed by atoms with van der Waals surface area (Å²) in [7, 11) is 4.77. The standard InChI is InChI=1S/C12H12BrNO3S/c1-15-9-4-7(8-6-18-12(13)14-8)5-10(16-2)11(9)17-3/h4-6H,1-3H3. The van der Waals surface area contributed by atoms with Crippen molar-refractivity contribution in [2.75, 3.05) is 21.3 Å². The third-order valence-electron chi connectivity index (χ3n) is 2.44. The molecule has 2 rings (SSSR count). The van der Waals surface area contributed by atoms with Crippen LogP contribution >= 0.6 is 27.3 Å². The number of hydrogen-bond donors (Lipinski definition) is 0. The molecule has 0 unspecified atom stereocenters. The first-order chi connectivity index (χ1) is 8.69. The summed E-state index contributed by atoms with van der Waals surface area (Å²) in [6, 6.07) is 3.76. The summed E-state index contributed by atoms with van der Waals surface area (Å²) in [5.41, 5.74) is 1.79. The third-order valence-corrected chi connectivity index (χ3v) is 3.80. The Balaban J connectivity index is 2.56. The predicted octanol–water partition coefficient (Wildman–Crippen LogP) is 3.60. The van der Waals surface area contributed by atoms with Gasteiger partial charge in [0.15, 0.2) is 15.4 Å². The fourth-order valence-corrected chi connectivity index (χ4v) is 2.63. The zero-order valence-electron chi connectivity index (χ0n) is 10.2. The first-order valence-corrected chi connectivity index (χ1v) is 6.78. The van der Waals surface area contributed by atoms with E-state index in [2.05, 4.69) is 20.9 Å². The molecule has 0 amide bonds. The molecule has 1 heterocycles. The molecule has 2 aromatic rings. The molecule has 0 saturated carbocycles. The van der Waals surface area contributed by atoms with Crippen LogP contribution in [0.25, 0.3) is 11.3 Å². The van der Waals surface area contributed by atoms with Crippen molar-refractivity contribution in [1.29, 1.82) is 0 Å². The highest BCUT2D eigenvalue weighted by Gasteiger charge is 2.15. The number of hydrogen-bond acceptors (Lipinski definition) is 5. The molecule has 0 bridgehead atoms. The summed E-state index contributed by atoms with van der Waals surface area (Å²) in [5, 5.41) is 1.96. The summed E-state index contributed by atoms with van der Waals surface area (Å²) in [5.74, 6) is 1.82. The van der Waals surface area contributed by atoms with E-state index in [1.807, 2.05) is 17.5 Å². The van der Waals surface area contributed by atoms with E-state index in [1.165, 1.54) is 11.3 Å². The molecule has 0 aliphatic carbocycles. The Labute approximate surface area is 118 Å². The summed E-state index contributed by atoms with van der Waals surface area (Å²) in [6.07, 6.45) is 0. The zero-order chi connectivity index (χ0) is 13.1. The van der Waals surface area contributed by atoms with E-state index in [0.717, 1.165) is 15.2 Å². The minimum Gasteiger partial charge on any atom is -0.493 e. The maximum Gasteiger partial charge on any atom is 0.203 e. The van der Waals surface area contributed by atoms with Crippen LogP contribution in [0.5, 0.6) is 17.2 Å². The highest BCUT2D eigenvalue weighted by Crippen LogP contribution is 2.41. The SMILES string of the molecule is COc1cc(-c2csc(Br)n2)cc(OC)c1OC. The van der Waals surface area contributed by atoms with Crippen molar-refractivity contribution < 1.29 is 14.2 Å². The fourth-order valence-electron chi connectivity index (χ4n) is 1.61. The van der Waals surface area contributed by atoms with Gasteiger partial charge in [-0.1, -0.05) is 0 Å². The van der Waals surface area contributed by atoms with Crippen molar-refractivity contribution in [3.63, 3.8) is 0 Å². The van der Waals surface area contributed by atoms with Gasteiger partial charge >= 0.3 is 0 Å². The van der Waals surface area contributed by atoms with E-state index in [0.29, 0.717) is 17.2 Å². The van der Waals surface area contributed by atoms with Crippen LogP contribution in [0.1, 0.15) is 0 Å². The molecule has 0 spiro atoms. The average molecular weight is 330 g/mol. The minimum atomic E-state index is 0.582. The molecule has 0 fully saturated rings. The van der Waals surface area contributed by atoms with Gasteiger partial charge in [0.25, 0.3) is 0 Å². The Kier molecular flexibility index (Phi) is 4.08. The normalized spacial score (nSPS) is 10.2. The van der Waals surface area contributed by atoms with E-state index >= 15 is 0 Å². The first kappa shape index (κ1) is 13.2. The van der Waals surface area contributed by atoms with E-state index in [4.69, 9.17) is 14.2 Å². The number of rotatable bonds is 4. The zero-order valence-corrected chi connectivity index (χ0v) is 12.6. The molecular weight excluding hydrogens is 318 g/mol. The van der Waals surface area contributed by atoms with Gasteiger partial charge in [-0.15, -0.1) is 11.3 Å². The number of thiazole rings is 1. The lowest BCUT2D eigenvalue weighted by Crippen LogP contribution is -1.95. The van der Waals surface area contributed by atoms with Crippen LogP contribution in [0, 0.1) is 0 Å². The van der Waals surface area contributed by atoms with Crippen molar-refractivity contribution in [3.8, 4) is 28.5 Å². The van der Waals surface area contributed by atoms with Crippen LogP contribution in [0.15, 0.2) is 21.4 Å². The lowest BCUT2D eigenvalue weighted by Gasteiger charge is -2.13. The molecule has 18 heavy (non-hydrogen) atoms. The lowest BCUT2D eigenvalue weighted by molar-refractivity contribution is 0.324. The maximum atomic E-state index is 5.31. The molecule has 1 aromatic carbocycles. The van der Waals surface area contributed by atoms with E-state index in [1.54, 1.807) is 21.3 Å². The monoisotopic (exact) mass is 329 g/mol. The molecule has 0 aliphatic rings. The fraction of sp³-hybridized carbons (Fsp3) is 0.250. The summed E-state index contributed by atoms with van der Waals surface area (Å²) < 4.78 is 16.7. The van der Waals surface area contributed by atoms with Crippen molar-refractivity contribution >= 4 is 27.3 Å². The second-order valence-electron chi connectivity index (χ2n) is 3.40. The van der Waals surface area contributed by atoms with Gasteiger partial charge in [-0.3, -0.25) is 0 Å². The van der Waals surface area contributed by atoms with E-state index in [9.17, 15) is 0 Å². The van der Waals surface area contributed by atoms with Crippen LogP contribution in [-0.2, 0) is 0 Å². The second kappa shape index (κ2) is 5.58. The van der Waals surface area contributed by atoms with Crippen molar-refractivity contribution in [3.05, 3.63) is 21.4 Å². The summed E-state index contributed by atoms with van der Waals surface area (Å²) in [6.45, 7) is 0. The molecule has 0 aliphatic heterocycles. The van der Waals surface area contributed by atoms with Gasteiger partial charge in [0.05, 0.1) is 27.0 Å². The molecule has 4 nitrogen and oxygen atoms in total. The second-order valence-corrected chi connectivity index (χ2v) is 5.53.